The van der Waals surface area contributed by atoms with Crippen molar-refractivity contribution in [1.82, 2.24) is 0 Å². The maximum absolute atomic E-state index is 11.7. The van der Waals surface area contributed by atoms with Crippen LogP contribution in [-0.4, -0.2) is 38.4 Å². The predicted molar refractivity (Wildman–Crippen MR) is 173 cm³/mol. The van der Waals surface area contributed by atoms with Crippen LogP contribution in [0.15, 0.2) is 133 Å². The van der Waals surface area contributed by atoms with Gasteiger partial charge in [0.1, 0.15) is 37.9 Å². The Labute approximate surface area is 259 Å². The lowest BCUT2D eigenvalue weighted by Gasteiger charge is -2.34. The summed E-state index contributed by atoms with van der Waals surface area (Å²) in [5.41, 5.74) is 6.47. The Bertz CT molecular complexity index is 1580. The molecule has 3 aromatic carbocycles. The number of benzene rings is 3. The van der Waals surface area contributed by atoms with E-state index in [1.807, 2.05) is 61.5 Å². The minimum Gasteiger partial charge on any atom is -0.490 e. The van der Waals surface area contributed by atoms with Crippen LogP contribution in [0.25, 0.3) is 11.1 Å². The minimum absolute atomic E-state index is 0.118. The van der Waals surface area contributed by atoms with Crippen LogP contribution >= 0.6 is 0 Å². The van der Waals surface area contributed by atoms with E-state index in [2.05, 4.69) is 56.1 Å². The molecular weight excluding hydrogens is 552 g/mol. The summed E-state index contributed by atoms with van der Waals surface area (Å²) in [5, 5.41) is 0. The molecule has 6 nitrogen and oxygen atoms in total. The Morgan fingerprint density at radius 2 is 1.18 bits per heavy atom. The number of carbonyl (C=O) groups is 2. The van der Waals surface area contributed by atoms with Crippen LogP contribution in [-0.2, 0) is 29.2 Å². The van der Waals surface area contributed by atoms with Gasteiger partial charge in [0.05, 0.1) is 5.41 Å². The van der Waals surface area contributed by atoms with Crippen molar-refractivity contribution < 1.29 is 28.5 Å². The van der Waals surface area contributed by atoms with E-state index >= 15 is 0 Å². The molecule has 0 aliphatic heterocycles. The van der Waals surface area contributed by atoms with Gasteiger partial charge in [-0.05, 0) is 78.4 Å². The van der Waals surface area contributed by atoms with Crippen molar-refractivity contribution in [3.05, 3.63) is 150 Å². The van der Waals surface area contributed by atoms with Crippen LogP contribution in [0.4, 0.5) is 0 Å². The molecule has 1 aliphatic carbocycles. The molecule has 0 amide bonds. The fraction of sp³-hybridized carbons (Fsp3) is 0.211. The first-order valence-electron chi connectivity index (χ1n) is 14.4. The summed E-state index contributed by atoms with van der Waals surface area (Å²) >= 11 is 0. The van der Waals surface area contributed by atoms with Gasteiger partial charge in [-0.15, -0.1) is 0 Å². The van der Waals surface area contributed by atoms with Gasteiger partial charge in [-0.1, -0.05) is 86.5 Å². The zero-order valence-corrected chi connectivity index (χ0v) is 25.6. The Morgan fingerprint density at radius 3 is 1.70 bits per heavy atom. The number of carbonyl (C=O) groups excluding carboxylic acids is 2. The molecule has 0 N–H and O–H groups in total. The molecule has 0 saturated heterocycles. The van der Waals surface area contributed by atoms with Crippen molar-refractivity contribution in [1.29, 1.82) is 0 Å². The summed E-state index contributed by atoms with van der Waals surface area (Å²) in [4.78, 5) is 23.3. The van der Waals surface area contributed by atoms with Gasteiger partial charge in [-0.2, -0.15) is 0 Å². The average Bonchev–Trinajstić information content (AvgIpc) is 3.33. The number of rotatable bonds is 14. The topological polar surface area (TPSA) is 71.1 Å². The predicted octanol–water partition coefficient (Wildman–Crippen LogP) is 7.65. The molecule has 0 aromatic heterocycles. The Morgan fingerprint density at radius 1 is 0.682 bits per heavy atom. The highest BCUT2D eigenvalue weighted by atomic mass is 16.6. The first-order chi connectivity index (χ1) is 21.2. The van der Waals surface area contributed by atoms with Crippen LogP contribution in [0.3, 0.4) is 0 Å². The largest absolute Gasteiger partial charge is 0.490 e. The van der Waals surface area contributed by atoms with Crippen molar-refractivity contribution in [2.24, 2.45) is 0 Å². The number of hydrogen-bond donors (Lipinski definition) is 0. The lowest BCUT2D eigenvalue weighted by Crippen LogP contribution is -2.28. The molecule has 0 heterocycles. The molecule has 0 bridgehead atoms. The molecule has 44 heavy (non-hydrogen) atoms. The fourth-order valence-corrected chi connectivity index (χ4v) is 5.25. The van der Waals surface area contributed by atoms with Gasteiger partial charge in [-0.25, -0.2) is 9.59 Å². The SMILES string of the molecule is C=C(C)C(=O)OCCOC(/C=C\C(=C)C1(c2ccc(OCCOC(=O)C(=C)C)cc2)c2ccccc2-c2ccccc21)=C/C. The quantitative estimate of drug-likeness (QED) is 0.0632. The summed E-state index contributed by atoms with van der Waals surface area (Å²) in [6, 6.07) is 24.7. The van der Waals surface area contributed by atoms with Crippen molar-refractivity contribution in [3.63, 3.8) is 0 Å². The summed E-state index contributed by atoms with van der Waals surface area (Å²) in [6.07, 6.45) is 5.72. The fourth-order valence-electron chi connectivity index (χ4n) is 5.25. The van der Waals surface area contributed by atoms with Crippen LogP contribution in [0, 0.1) is 0 Å². The van der Waals surface area contributed by atoms with Crippen molar-refractivity contribution >= 4 is 11.9 Å². The van der Waals surface area contributed by atoms with E-state index in [1.165, 1.54) is 0 Å². The van der Waals surface area contributed by atoms with Crippen molar-refractivity contribution in [2.75, 3.05) is 26.4 Å². The molecule has 0 radical (unpaired) electrons. The monoisotopic (exact) mass is 590 g/mol. The Balaban J connectivity index is 1.62. The third-order valence-corrected chi connectivity index (χ3v) is 7.32. The zero-order valence-electron chi connectivity index (χ0n) is 25.6. The number of ether oxygens (including phenoxy) is 4. The van der Waals surface area contributed by atoms with E-state index in [-0.39, 0.29) is 26.4 Å². The zero-order chi connectivity index (χ0) is 31.7. The van der Waals surface area contributed by atoms with E-state index in [1.54, 1.807) is 13.8 Å². The van der Waals surface area contributed by atoms with Gasteiger partial charge in [0, 0.05) is 11.1 Å². The number of hydrogen-bond acceptors (Lipinski definition) is 6. The second kappa shape index (κ2) is 14.4. The smallest absolute Gasteiger partial charge is 0.333 e. The molecule has 1 aliphatic rings. The Hall–Kier alpha value is -5.10. The van der Waals surface area contributed by atoms with Crippen LogP contribution in [0.2, 0.25) is 0 Å². The maximum Gasteiger partial charge on any atom is 0.333 e. The number of fused-ring (bicyclic) bond motifs is 3. The third kappa shape index (κ3) is 6.76. The highest BCUT2D eigenvalue weighted by Crippen LogP contribution is 2.56. The van der Waals surface area contributed by atoms with Gasteiger partial charge in [0.25, 0.3) is 0 Å². The van der Waals surface area contributed by atoms with E-state index in [9.17, 15) is 9.59 Å². The molecule has 0 spiro atoms. The van der Waals surface area contributed by atoms with Gasteiger partial charge in [-0.3, -0.25) is 0 Å². The number of esters is 2. The molecule has 0 atom stereocenters. The van der Waals surface area contributed by atoms with Gasteiger partial charge in [0.2, 0.25) is 0 Å². The number of allylic oxidation sites excluding steroid dienone is 4. The summed E-state index contributed by atoms with van der Waals surface area (Å²) in [6.45, 7) is 17.6. The third-order valence-electron chi connectivity index (χ3n) is 7.32. The van der Waals surface area contributed by atoms with Gasteiger partial charge >= 0.3 is 11.9 Å². The second-order valence-corrected chi connectivity index (χ2v) is 10.4. The normalized spacial score (nSPS) is 13.0. The minimum atomic E-state index is -0.672. The second-order valence-electron chi connectivity index (χ2n) is 10.4. The highest BCUT2D eigenvalue weighted by Gasteiger charge is 2.45. The summed E-state index contributed by atoms with van der Waals surface area (Å²) in [7, 11) is 0. The average molecular weight is 591 g/mol. The Kier molecular flexibility index (Phi) is 10.4. The first-order valence-corrected chi connectivity index (χ1v) is 14.4. The van der Waals surface area contributed by atoms with Crippen LogP contribution < -0.4 is 4.74 Å². The lowest BCUT2D eigenvalue weighted by atomic mass is 9.67. The van der Waals surface area contributed by atoms with Gasteiger partial charge in [0.15, 0.2) is 0 Å². The lowest BCUT2D eigenvalue weighted by molar-refractivity contribution is -0.140. The summed E-state index contributed by atoms with van der Waals surface area (Å²) < 4.78 is 22.0. The molecule has 0 fully saturated rings. The van der Waals surface area contributed by atoms with Crippen molar-refractivity contribution in [3.8, 4) is 16.9 Å². The molecule has 226 valence electrons. The molecule has 4 rings (SSSR count). The van der Waals surface area contributed by atoms with Gasteiger partial charge < -0.3 is 18.9 Å². The van der Waals surface area contributed by atoms with E-state index in [0.717, 1.165) is 33.4 Å². The molecule has 0 unspecified atom stereocenters. The van der Waals surface area contributed by atoms with E-state index < -0.39 is 17.4 Å². The highest BCUT2D eigenvalue weighted by molar-refractivity contribution is 5.88. The van der Waals surface area contributed by atoms with E-state index in [0.29, 0.717) is 22.7 Å². The molecule has 6 heteroatoms. The molecule has 3 aromatic rings. The van der Waals surface area contributed by atoms with Crippen LogP contribution in [0.5, 0.6) is 5.75 Å². The summed E-state index contributed by atoms with van der Waals surface area (Å²) in [5.74, 6) is 0.410. The standard InChI is InChI=1S/C38H38O6/c1-7-30(41-22-24-43-36(39)26(2)3)19-16-28(6)38(34-14-10-8-12-32(34)33-13-9-11-15-35(33)38)29-17-20-31(21-18-29)42-23-25-44-37(40)27(4)5/h7-21H,2,4,6,22-25H2,1,3,5H3/b19-16-,30-7+. The first kappa shape index (κ1) is 31.8. The maximum atomic E-state index is 11.7. The van der Waals surface area contributed by atoms with E-state index in [4.69, 9.17) is 18.9 Å². The molecule has 0 saturated carbocycles. The van der Waals surface area contributed by atoms with Crippen LogP contribution in [0.1, 0.15) is 37.5 Å². The van der Waals surface area contributed by atoms with Crippen molar-refractivity contribution in [2.45, 2.75) is 26.2 Å². The molecular formula is C38H38O6.